The summed E-state index contributed by atoms with van der Waals surface area (Å²) in [5.41, 5.74) is 3.15. The van der Waals surface area contributed by atoms with Gasteiger partial charge in [0.25, 0.3) is 5.91 Å². The zero-order valence-electron chi connectivity index (χ0n) is 13.0. The molecule has 3 rings (SSSR count). The number of anilines is 2. The summed E-state index contributed by atoms with van der Waals surface area (Å²) in [6.45, 7) is 2.39. The molecule has 24 heavy (non-hydrogen) atoms. The number of aromatic nitrogens is 3. The summed E-state index contributed by atoms with van der Waals surface area (Å²) in [7, 11) is 0. The van der Waals surface area contributed by atoms with E-state index in [-0.39, 0.29) is 11.6 Å². The van der Waals surface area contributed by atoms with Crippen molar-refractivity contribution in [2.24, 2.45) is 0 Å². The van der Waals surface area contributed by atoms with E-state index in [1.165, 1.54) is 0 Å². The molecule has 3 N–H and O–H groups in total. The minimum absolute atomic E-state index is 0.213. The average molecular weight is 342 g/mol. The maximum Gasteiger partial charge on any atom is 0.275 e. The normalized spacial score (nSPS) is 10.4. The minimum Gasteiger partial charge on any atom is -0.346 e. The van der Waals surface area contributed by atoms with E-state index >= 15 is 0 Å². The summed E-state index contributed by atoms with van der Waals surface area (Å²) < 4.78 is 0. The summed E-state index contributed by atoms with van der Waals surface area (Å²) in [4.78, 5) is 12.3. The van der Waals surface area contributed by atoms with E-state index in [2.05, 4.69) is 26.0 Å². The molecule has 0 atom stereocenters. The quantitative estimate of drug-likeness (QED) is 0.664. The number of halogens is 1. The lowest BCUT2D eigenvalue weighted by molar-refractivity contribution is 0.0946. The van der Waals surface area contributed by atoms with E-state index in [9.17, 15) is 4.79 Å². The van der Waals surface area contributed by atoms with Crippen molar-refractivity contribution in [1.82, 2.24) is 20.7 Å². The maximum atomic E-state index is 12.3. The molecule has 0 radical (unpaired) electrons. The third-order valence-electron chi connectivity index (χ3n) is 3.44. The molecule has 1 amide bonds. The fraction of sp³-hybridized carbons (Fsp3) is 0.118. The summed E-state index contributed by atoms with van der Waals surface area (Å²) in [5.74, 6) is 0.0702. The van der Waals surface area contributed by atoms with Gasteiger partial charge in [-0.05, 0) is 36.8 Å². The lowest BCUT2D eigenvalue weighted by Crippen LogP contribution is -2.24. The van der Waals surface area contributed by atoms with Crippen LogP contribution in [0.2, 0.25) is 5.02 Å². The first-order chi connectivity index (χ1) is 11.6. The lowest BCUT2D eigenvalue weighted by Gasteiger charge is -2.07. The van der Waals surface area contributed by atoms with Crippen LogP contribution in [0.25, 0.3) is 0 Å². The van der Waals surface area contributed by atoms with Crippen LogP contribution >= 0.6 is 11.6 Å². The number of aromatic amines is 1. The van der Waals surface area contributed by atoms with Gasteiger partial charge in [-0.25, -0.2) is 0 Å². The van der Waals surface area contributed by atoms with Crippen LogP contribution in [0.5, 0.6) is 0 Å². The number of hydrogen-bond acceptors (Lipinski definition) is 4. The van der Waals surface area contributed by atoms with Gasteiger partial charge in [0.15, 0.2) is 11.5 Å². The molecule has 1 aromatic heterocycles. The molecule has 0 spiro atoms. The Bertz CT molecular complexity index is 827. The zero-order chi connectivity index (χ0) is 16.9. The van der Waals surface area contributed by atoms with Crippen LogP contribution in [0.1, 0.15) is 21.6 Å². The highest BCUT2D eigenvalue weighted by atomic mass is 35.5. The summed E-state index contributed by atoms with van der Waals surface area (Å²) >= 11 is 5.85. The molecule has 0 aliphatic heterocycles. The number of rotatable bonds is 5. The van der Waals surface area contributed by atoms with Gasteiger partial charge in [0.05, 0.1) is 0 Å². The van der Waals surface area contributed by atoms with Crippen molar-refractivity contribution in [2.45, 2.75) is 13.5 Å². The smallest absolute Gasteiger partial charge is 0.275 e. The Morgan fingerprint density at radius 1 is 1.08 bits per heavy atom. The van der Waals surface area contributed by atoms with Crippen LogP contribution in [0.4, 0.5) is 11.5 Å². The van der Waals surface area contributed by atoms with Crippen molar-refractivity contribution in [2.75, 3.05) is 5.32 Å². The predicted octanol–water partition coefficient (Wildman–Crippen LogP) is 3.44. The summed E-state index contributed by atoms with van der Waals surface area (Å²) in [6.07, 6.45) is 0. The van der Waals surface area contributed by atoms with Crippen molar-refractivity contribution < 1.29 is 4.79 Å². The molecular weight excluding hydrogens is 326 g/mol. The third-order valence-corrected chi connectivity index (χ3v) is 3.70. The fourth-order valence-electron chi connectivity index (χ4n) is 2.12. The van der Waals surface area contributed by atoms with Crippen molar-refractivity contribution in [3.8, 4) is 0 Å². The van der Waals surface area contributed by atoms with Gasteiger partial charge in [-0.2, -0.15) is 5.21 Å². The van der Waals surface area contributed by atoms with Crippen molar-refractivity contribution in [3.05, 3.63) is 70.4 Å². The molecule has 6 nitrogen and oxygen atoms in total. The Kier molecular flexibility index (Phi) is 4.77. The Morgan fingerprint density at radius 2 is 1.79 bits per heavy atom. The van der Waals surface area contributed by atoms with Gasteiger partial charge in [0.2, 0.25) is 0 Å². The van der Waals surface area contributed by atoms with Crippen LogP contribution in [0, 0.1) is 6.92 Å². The standard InChI is InChI=1S/C17H16ClN5O/c1-11-2-8-14(9-3-11)20-16-15(21-23-22-16)17(24)19-10-12-4-6-13(18)7-5-12/h2-9H,10H2,1H3,(H,19,24)(H2,20,21,22,23). The van der Waals surface area contributed by atoms with E-state index in [1.807, 2.05) is 43.3 Å². The number of benzene rings is 2. The van der Waals surface area contributed by atoms with E-state index in [0.29, 0.717) is 17.4 Å². The first kappa shape index (κ1) is 16.0. The molecule has 0 bridgehead atoms. The zero-order valence-corrected chi connectivity index (χ0v) is 13.8. The van der Waals surface area contributed by atoms with Crippen LogP contribution in [-0.2, 0) is 6.54 Å². The van der Waals surface area contributed by atoms with Crippen LogP contribution < -0.4 is 10.6 Å². The summed E-state index contributed by atoms with van der Waals surface area (Å²) in [5, 5.41) is 16.9. The molecule has 3 aromatic rings. The van der Waals surface area contributed by atoms with Gasteiger partial charge in [-0.15, -0.1) is 10.2 Å². The average Bonchev–Trinajstić information content (AvgIpc) is 3.04. The first-order valence-corrected chi connectivity index (χ1v) is 7.77. The Morgan fingerprint density at radius 3 is 2.50 bits per heavy atom. The van der Waals surface area contributed by atoms with E-state index in [1.54, 1.807) is 12.1 Å². The highest BCUT2D eigenvalue weighted by Crippen LogP contribution is 2.17. The van der Waals surface area contributed by atoms with Gasteiger partial charge >= 0.3 is 0 Å². The van der Waals surface area contributed by atoms with Crippen molar-refractivity contribution in [3.63, 3.8) is 0 Å². The topological polar surface area (TPSA) is 82.7 Å². The number of aryl methyl sites for hydroxylation is 1. The number of nitrogens with zero attached hydrogens (tertiary/aromatic N) is 2. The molecular formula is C17H16ClN5O. The monoisotopic (exact) mass is 341 g/mol. The number of carbonyl (C=O) groups excluding carboxylic acids is 1. The second-order valence-electron chi connectivity index (χ2n) is 5.32. The van der Waals surface area contributed by atoms with Gasteiger partial charge in [0.1, 0.15) is 0 Å². The molecule has 0 fully saturated rings. The molecule has 1 heterocycles. The molecule has 0 saturated carbocycles. The predicted molar refractivity (Wildman–Crippen MR) is 93.5 cm³/mol. The van der Waals surface area contributed by atoms with E-state index in [0.717, 1.165) is 16.8 Å². The Hall–Kier alpha value is -2.86. The highest BCUT2D eigenvalue weighted by Gasteiger charge is 2.16. The number of H-pyrrole nitrogens is 1. The molecule has 2 aromatic carbocycles. The Labute approximate surface area is 144 Å². The first-order valence-electron chi connectivity index (χ1n) is 7.39. The largest absolute Gasteiger partial charge is 0.346 e. The second kappa shape index (κ2) is 7.14. The SMILES string of the molecule is Cc1ccc(Nc2n[nH]nc2C(=O)NCc2ccc(Cl)cc2)cc1. The Balaban J connectivity index is 1.66. The van der Waals surface area contributed by atoms with Crippen LogP contribution in [0.3, 0.4) is 0 Å². The van der Waals surface area contributed by atoms with Gasteiger partial charge < -0.3 is 10.6 Å². The second-order valence-corrected chi connectivity index (χ2v) is 5.76. The van der Waals surface area contributed by atoms with Crippen molar-refractivity contribution in [1.29, 1.82) is 0 Å². The highest BCUT2D eigenvalue weighted by molar-refractivity contribution is 6.30. The van der Waals surface area contributed by atoms with Gasteiger partial charge in [0, 0.05) is 17.3 Å². The van der Waals surface area contributed by atoms with E-state index in [4.69, 9.17) is 11.6 Å². The van der Waals surface area contributed by atoms with Gasteiger partial charge in [-0.1, -0.05) is 41.4 Å². The summed E-state index contributed by atoms with van der Waals surface area (Å²) in [6, 6.07) is 15.1. The van der Waals surface area contributed by atoms with E-state index < -0.39 is 0 Å². The number of carbonyl (C=O) groups is 1. The molecule has 0 aliphatic rings. The fourth-order valence-corrected chi connectivity index (χ4v) is 2.24. The molecule has 122 valence electrons. The minimum atomic E-state index is -0.312. The van der Waals surface area contributed by atoms with Crippen LogP contribution in [0.15, 0.2) is 48.5 Å². The number of nitrogens with one attached hydrogen (secondary N) is 3. The molecule has 0 aliphatic carbocycles. The lowest BCUT2D eigenvalue weighted by atomic mass is 10.2. The van der Waals surface area contributed by atoms with Gasteiger partial charge in [-0.3, -0.25) is 4.79 Å². The molecule has 0 unspecified atom stereocenters. The maximum absolute atomic E-state index is 12.3. The molecule has 0 saturated heterocycles. The molecule has 7 heteroatoms. The van der Waals surface area contributed by atoms with Crippen LogP contribution in [-0.4, -0.2) is 21.3 Å². The van der Waals surface area contributed by atoms with Crippen molar-refractivity contribution >= 4 is 29.0 Å². The third kappa shape index (κ3) is 3.91. The number of hydrogen-bond donors (Lipinski definition) is 3. The number of amides is 1.